The average Bonchev–Trinajstić information content (AvgIpc) is 2.75. The Labute approximate surface area is 124 Å². The summed E-state index contributed by atoms with van der Waals surface area (Å²) in [4.78, 5) is 25.1. The maximum Gasteiger partial charge on any atom is 0.309 e. The van der Waals surface area contributed by atoms with Gasteiger partial charge in [-0.3, -0.25) is 9.59 Å². The van der Waals surface area contributed by atoms with Crippen LogP contribution in [-0.4, -0.2) is 34.5 Å². The summed E-state index contributed by atoms with van der Waals surface area (Å²) >= 11 is 0. The third-order valence-corrected chi connectivity index (χ3v) is 3.66. The molecular weight excluding hydrogens is 270 g/mol. The number of carboxylic acids is 1. The fourth-order valence-electron chi connectivity index (χ4n) is 2.84. The number of hydrogen-bond donors (Lipinski definition) is 1. The molecule has 1 aromatic carbocycles. The molecule has 0 saturated carbocycles. The molecular formula is C16H21NO4. The first-order valence-corrected chi connectivity index (χ1v) is 7.23. The van der Waals surface area contributed by atoms with Gasteiger partial charge in [-0.1, -0.05) is 12.1 Å². The largest absolute Gasteiger partial charge is 0.491 e. The average molecular weight is 291 g/mol. The number of amides is 1. The molecule has 1 amide bonds. The normalized spacial score (nSPS) is 21.9. The van der Waals surface area contributed by atoms with Gasteiger partial charge in [0.05, 0.1) is 18.1 Å². The molecule has 1 aliphatic rings. The van der Waals surface area contributed by atoms with E-state index in [0.29, 0.717) is 12.3 Å². The SMILES string of the molecule is CCN1C(=O)CC(C(=O)O)C1c1cccc(OC(C)C)c1. The summed E-state index contributed by atoms with van der Waals surface area (Å²) in [5.41, 5.74) is 0.813. The highest BCUT2D eigenvalue weighted by atomic mass is 16.5. The molecule has 2 atom stereocenters. The lowest BCUT2D eigenvalue weighted by Gasteiger charge is -2.26. The molecule has 1 aromatic rings. The van der Waals surface area contributed by atoms with Gasteiger partial charge >= 0.3 is 5.97 Å². The smallest absolute Gasteiger partial charge is 0.309 e. The van der Waals surface area contributed by atoms with Gasteiger partial charge in [-0.15, -0.1) is 0 Å². The van der Waals surface area contributed by atoms with Gasteiger partial charge in [-0.2, -0.15) is 0 Å². The Kier molecular flexibility index (Phi) is 4.50. The van der Waals surface area contributed by atoms with E-state index in [1.165, 1.54) is 0 Å². The number of likely N-dealkylation sites (tertiary alicyclic amines) is 1. The van der Waals surface area contributed by atoms with Crippen molar-refractivity contribution in [3.8, 4) is 5.75 Å². The van der Waals surface area contributed by atoms with Crippen LogP contribution in [0.5, 0.6) is 5.75 Å². The fourth-order valence-corrected chi connectivity index (χ4v) is 2.84. The van der Waals surface area contributed by atoms with E-state index in [2.05, 4.69) is 0 Å². The lowest BCUT2D eigenvalue weighted by Crippen LogP contribution is -2.30. The number of ether oxygens (including phenoxy) is 1. The standard InChI is InChI=1S/C16H21NO4/c1-4-17-14(18)9-13(16(19)20)15(17)11-6-5-7-12(8-11)21-10(2)3/h5-8,10,13,15H,4,9H2,1-3H3,(H,19,20). The van der Waals surface area contributed by atoms with Crippen molar-refractivity contribution in [1.29, 1.82) is 0 Å². The van der Waals surface area contributed by atoms with Crippen molar-refractivity contribution >= 4 is 11.9 Å². The van der Waals surface area contributed by atoms with Gasteiger partial charge in [-0.25, -0.2) is 0 Å². The van der Waals surface area contributed by atoms with Crippen LogP contribution in [0.2, 0.25) is 0 Å². The van der Waals surface area contributed by atoms with Crippen LogP contribution in [0.25, 0.3) is 0 Å². The monoisotopic (exact) mass is 291 g/mol. The Morgan fingerprint density at radius 2 is 2.19 bits per heavy atom. The summed E-state index contributed by atoms with van der Waals surface area (Å²) in [5, 5.41) is 9.38. The molecule has 5 heteroatoms. The van der Waals surface area contributed by atoms with Crippen LogP contribution in [0.1, 0.15) is 38.8 Å². The molecule has 2 rings (SSSR count). The predicted molar refractivity (Wildman–Crippen MR) is 78.1 cm³/mol. The highest BCUT2D eigenvalue weighted by Gasteiger charge is 2.43. The molecule has 114 valence electrons. The number of benzene rings is 1. The van der Waals surface area contributed by atoms with Gasteiger partial charge in [0.2, 0.25) is 5.91 Å². The zero-order valence-corrected chi connectivity index (χ0v) is 12.6. The number of carbonyl (C=O) groups is 2. The zero-order chi connectivity index (χ0) is 15.6. The predicted octanol–water partition coefficient (Wildman–Crippen LogP) is 2.47. The van der Waals surface area contributed by atoms with E-state index in [1.54, 1.807) is 4.90 Å². The highest BCUT2D eigenvalue weighted by Crippen LogP contribution is 2.39. The molecule has 5 nitrogen and oxygen atoms in total. The van der Waals surface area contributed by atoms with Crippen LogP contribution in [0.4, 0.5) is 0 Å². The molecule has 1 N–H and O–H groups in total. The summed E-state index contributed by atoms with van der Waals surface area (Å²) in [6.07, 6.45) is 0.103. The van der Waals surface area contributed by atoms with Gasteiger partial charge in [0.25, 0.3) is 0 Å². The molecule has 1 heterocycles. The van der Waals surface area contributed by atoms with E-state index in [4.69, 9.17) is 4.74 Å². The van der Waals surface area contributed by atoms with E-state index in [1.807, 2.05) is 45.0 Å². The van der Waals surface area contributed by atoms with Crippen molar-refractivity contribution in [1.82, 2.24) is 4.90 Å². The van der Waals surface area contributed by atoms with Crippen molar-refractivity contribution in [3.05, 3.63) is 29.8 Å². The topological polar surface area (TPSA) is 66.8 Å². The van der Waals surface area contributed by atoms with Crippen LogP contribution < -0.4 is 4.74 Å². The Morgan fingerprint density at radius 3 is 2.76 bits per heavy atom. The molecule has 1 saturated heterocycles. The highest BCUT2D eigenvalue weighted by molar-refractivity contribution is 5.87. The van der Waals surface area contributed by atoms with Crippen molar-refractivity contribution in [2.75, 3.05) is 6.54 Å². The van der Waals surface area contributed by atoms with Crippen molar-refractivity contribution < 1.29 is 19.4 Å². The van der Waals surface area contributed by atoms with Gasteiger partial charge in [0, 0.05) is 13.0 Å². The lowest BCUT2D eigenvalue weighted by atomic mass is 9.93. The molecule has 0 aliphatic carbocycles. The van der Waals surface area contributed by atoms with Gasteiger partial charge < -0.3 is 14.7 Å². The van der Waals surface area contributed by atoms with Gasteiger partial charge in [0.1, 0.15) is 5.75 Å². The number of nitrogens with zero attached hydrogens (tertiary/aromatic N) is 1. The Morgan fingerprint density at radius 1 is 1.48 bits per heavy atom. The van der Waals surface area contributed by atoms with Gasteiger partial charge in [-0.05, 0) is 38.5 Å². The van der Waals surface area contributed by atoms with E-state index in [0.717, 1.165) is 5.56 Å². The van der Waals surface area contributed by atoms with E-state index in [9.17, 15) is 14.7 Å². The second-order valence-corrected chi connectivity index (χ2v) is 5.51. The van der Waals surface area contributed by atoms with Crippen molar-refractivity contribution in [2.45, 2.75) is 39.3 Å². The summed E-state index contributed by atoms with van der Waals surface area (Å²) in [7, 11) is 0. The van der Waals surface area contributed by atoms with Gasteiger partial charge in [0.15, 0.2) is 0 Å². The second kappa shape index (κ2) is 6.16. The zero-order valence-electron chi connectivity index (χ0n) is 12.6. The molecule has 0 bridgehead atoms. The number of carboxylic acid groups (broad SMARTS) is 1. The number of hydrogen-bond acceptors (Lipinski definition) is 3. The van der Waals surface area contributed by atoms with E-state index >= 15 is 0 Å². The van der Waals surface area contributed by atoms with Crippen molar-refractivity contribution in [2.24, 2.45) is 5.92 Å². The van der Waals surface area contributed by atoms with Crippen LogP contribution in [0.3, 0.4) is 0 Å². The molecule has 1 fully saturated rings. The van der Waals surface area contributed by atoms with Crippen LogP contribution in [0.15, 0.2) is 24.3 Å². The minimum atomic E-state index is -0.931. The summed E-state index contributed by atoms with van der Waals surface area (Å²) < 4.78 is 5.65. The first-order chi connectivity index (χ1) is 9.93. The van der Waals surface area contributed by atoms with Crippen LogP contribution in [0, 0.1) is 5.92 Å². The van der Waals surface area contributed by atoms with E-state index in [-0.39, 0.29) is 18.4 Å². The Balaban J connectivity index is 2.36. The summed E-state index contributed by atoms with van der Waals surface area (Å²) in [6, 6.07) is 6.95. The minimum Gasteiger partial charge on any atom is -0.491 e. The van der Waals surface area contributed by atoms with Crippen LogP contribution >= 0.6 is 0 Å². The maximum atomic E-state index is 12.0. The summed E-state index contributed by atoms with van der Waals surface area (Å²) in [6.45, 7) is 6.24. The molecule has 0 aromatic heterocycles. The minimum absolute atomic E-state index is 0.0445. The molecule has 21 heavy (non-hydrogen) atoms. The number of carbonyl (C=O) groups excluding carboxylic acids is 1. The molecule has 1 aliphatic heterocycles. The molecule has 2 unspecified atom stereocenters. The number of rotatable bonds is 5. The quantitative estimate of drug-likeness (QED) is 0.905. The summed E-state index contributed by atoms with van der Waals surface area (Å²) in [5.74, 6) is -1.04. The Hall–Kier alpha value is -2.04. The fraction of sp³-hybridized carbons (Fsp3) is 0.500. The second-order valence-electron chi connectivity index (χ2n) is 5.51. The molecule has 0 radical (unpaired) electrons. The van der Waals surface area contributed by atoms with Crippen LogP contribution in [-0.2, 0) is 9.59 Å². The third kappa shape index (κ3) is 3.17. The Bertz CT molecular complexity index is 541. The number of aliphatic carboxylic acids is 1. The lowest BCUT2D eigenvalue weighted by molar-refractivity contribution is -0.142. The van der Waals surface area contributed by atoms with E-state index < -0.39 is 17.9 Å². The first-order valence-electron chi connectivity index (χ1n) is 7.23. The van der Waals surface area contributed by atoms with Crippen molar-refractivity contribution in [3.63, 3.8) is 0 Å². The molecule has 0 spiro atoms. The third-order valence-electron chi connectivity index (χ3n) is 3.66. The maximum absolute atomic E-state index is 12.0. The first kappa shape index (κ1) is 15.4.